The van der Waals surface area contributed by atoms with Crippen molar-refractivity contribution in [2.75, 3.05) is 0 Å². The Morgan fingerprint density at radius 2 is 1.16 bits per heavy atom. The number of carbonyl (C=O) groups excluding carboxylic acids is 2. The summed E-state index contributed by atoms with van der Waals surface area (Å²) in [4.78, 5) is 21.5. The van der Waals surface area contributed by atoms with E-state index in [1.165, 1.54) is 83.5 Å². The van der Waals surface area contributed by atoms with Gasteiger partial charge in [0.2, 0.25) is 6.29 Å². The molecule has 0 saturated carbocycles. The van der Waals surface area contributed by atoms with Gasteiger partial charge in [0.05, 0.1) is 0 Å². The fourth-order valence-electron chi connectivity index (χ4n) is 2.99. The number of carbonyl (C=O) groups is 2. The van der Waals surface area contributed by atoms with Crippen molar-refractivity contribution < 1.29 is 19.1 Å². The van der Waals surface area contributed by atoms with Crippen LogP contribution in [0.5, 0.6) is 0 Å². The van der Waals surface area contributed by atoms with Gasteiger partial charge in [0.1, 0.15) is 0 Å². The molecule has 0 amide bonds. The van der Waals surface area contributed by atoms with Crippen LogP contribution in [0.15, 0.2) is 0 Å². The van der Waals surface area contributed by atoms with E-state index in [9.17, 15) is 9.59 Å². The zero-order valence-electron chi connectivity index (χ0n) is 16.6. The topological polar surface area (TPSA) is 52.6 Å². The maximum Gasteiger partial charge on any atom is 0.308 e. The first-order valence-corrected chi connectivity index (χ1v) is 10.5. The number of hydrogen-bond acceptors (Lipinski definition) is 4. The van der Waals surface area contributed by atoms with Crippen molar-refractivity contribution >= 4 is 12.4 Å². The zero-order chi connectivity index (χ0) is 18.6. The average Bonchev–Trinajstić information content (AvgIpc) is 2.58. The molecule has 0 aromatic rings. The van der Waals surface area contributed by atoms with Gasteiger partial charge in [0, 0.05) is 13.3 Å². The standard InChI is InChI=1S/C21H40O4/c1-3-4-5-6-7-8-9-10-11-12-13-14-15-16-17-18-21(23)25-20(2)24-19-22/h19-20H,3-18H2,1-2H3. The molecule has 4 nitrogen and oxygen atoms in total. The quantitative estimate of drug-likeness (QED) is 0.118. The minimum absolute atomic E-state index is 0.288. The largest absolute Gasteiger partial charge is 0.428 e. The van der Waals surface area contributed by atoms with Crippen LogP contribution in [0.25, 0.3) is 0 Å². The molecule has 0 bridgehead atoms. The lowest BCUT2D eigenvalue weighted by atomic mass is 10.0. The summed E-state index contributed by atoms with van der Waals surface area (Å²) in [5.41, 5.74) is 0. The molecule has 0 spiro atoms. The highest BCUT2D eigenvalue weighted by atomic mass is 16.7. The predicted molar refractivity (Wildman–Crippen MR) is 102 cm³/mol. The number of ether oxygens (including phenoxy) is 2. The summed E-state index contributed by atoms with van der Waals surface area (Å²) < 4.78 is 9.44. The second-order valence-corrected chi connectivity index (χ2v) is 6.99. The third-order valence-electron chi connectivity index (χ3n) is 4.53. The Hall–Kier alpha value is -1.06. The number of hydrogen-bond donors (Lipinski definition) is 0. The first-order valence-electron chi connectivity index (χ1n) is 10.5. The highest BCUT2D eigenvalue weighted by Gasteiger charge is 2.08. The van der Waals surface area contributed by atoms with E-state index in [4.69, 9.17) is 4.74 Å². The summed E-state index contributed by atoms with van der Waals surface area (Å²) in [6, 6.07) is 0. The Morgan fingerprint density at radius 3 is 1.56 bits per heavy atom. The second-order valence-electron chi connectivity index (χ2n) is 6.99. The molecule has 148 valence electrons. The minimum atomic E-state index is -0.777. The average molecular weight is 357 g/mol. The van der Waals surface area contributed by atoms with E-state index >= 15 is 0 Å². The van der Waals surface area contributed by atoms with Crippen LogP contribution in [0.1, 0.15) is 117 Å². The van der Waals surface area contributed by atoms with Crippen molar-refractivity contribution in [3.05, 3.63) is 0 Å². The molecule has 1 unspecified atom stereocenters. The molecule has 4 heteroatoms. The van der Waals surface area contributed by atoms with E-state index in [2.05, 4.69) is 11.7 Å². The van der Waals surface area contributed by atoms with Crippen molar-refractivity contribution in [3.8, 4) is 0 Å². The van der Waals surface area contributed by atoms with Crippen LogP contribution < -0.4 is 0 Å². The fraction of sp³-hybridized carbons (Fsp3) is 0.905. The molecular weight excluding hydrogens is 316 g/mol. The lowest BCUT2D eigenvalue weighted by Crippen LogP contribution is -2.17. The van der Waals surface area contributed by atoms with Crippen molar-refractivity contribution in [1.82, 2.24) is 0 Å². The van der Waals surface area contributed by atoms with Gasteiger partial charge < -0.3 is 9.47 Å². The van der Waals surface area contributed by atoms with E-state index in [0.717, 1.165) is 12.8 Å². The van der Waals surface area contributed by atoms with Crippen LogP contribution in [-0.2, 0) is 19.1 Å². The van der Waals surface area contributed by atoms with Gasteiger partial charge >= 0.3 is 5.97 Å². The fourth-order valence-corrected chi connectivity index (χ4v) is 2.99. The van der Waals surface area contributed by atoms with Crippen LogP contribution in [0.3, 0.4) is 0 Å². The molecule has 0 N–H and O–H groups in total. The molecule has 0 radical (unpaired) electrons. The van der Waals surface area contributed by atoms with Crippen LogP contribution in [0.4, 0.5) is 0 Å². The summed E-state index contributed by atoms with van der Waals surface area (Å²) in [5, 5.41) is 0. The lowest BCUT2D eigenvalue weighted by molar-refractivity contribution is -0.176. The Kier molecular flexibility index (Phi) is 18.5. The molecule has 0 aliphatic rings. The molecule has 1 atom stereocenters. The van der Waals surface area contributed by atoms with E-state index in [-0.39, 0.29) is 5.97 Å². The van der Waals surface area contributed by atoms with E-state index in [0.29, 0.717) is 12.9 Å². The normalized spacial score (nSPS) is 11.9. The van der Waals surface area contributed by atoms with Gasteiger partial charge in [-0.1, -0.05) is 96.8 Å². The van der Waals surface area contributed by atoms with Crippen molar-refractivity contribution in [2.24, 2.45) is 0 Å². The van der Waals surface area contributed by atoms with Crippen LogP contribution in [0, 0.1) is 0 Å². The van der Waals surface area contributed by atoms with Crippen molar-refractivity contribution in [1.29, 1.82) is 0 Å². The van der Waals surface area contributed by atoms with Crippen LogP contribution >= 0.6 is 0 Å². The molecule has 0 aromatic carbocycles. The second kappa shape index (κ2) is 19.3. The number of esters is 1. The third kappa shape index (κ3) is 19.1. The summed E-state index contributed by atoms with van der Waals surface area (Å²) >= 11 is 0. The summed E-state index contributed by atoms with van der Waals surface area (Å²) in [6.07, 6.45) is 19.2. The molecule has 0 saturated heterocycles. The van der Waals surface area contributed by atoms with E-state index < -0.39 is 6.29 Å². The van der Waals surface area contributed by atoms with Gasteiger partial charge in [-0.3, -0.25) is 9.59 Å². The van der Waals surface area contributed by atoms with Gasteiger partial charge in [-0.25, -0.2) is 0 Å². The van der Waals surface area contributed by atoms with Gasteiger partial charge in [0.15, 0.2) is 0 Å². The van der Waals surface area contributed by atoms with Crippen LogP contribution in [0.2, 0.25) is 0 Å². The molecule has 0 fully saturated rings. The highest BCUT2D eigenvalue weighted by Crippen LogP contribution is 2.13. The van der Waals surface area contributed by atoms with E-state index in [1.54, 1.807) is 6.92 Å². The van der Waals surface area contributed by atoms with Gasteiger partial charge in [-0.05, 0) is 6.42 Å². The Balaban J connectivity index is 3.16. The molecule has 0 aliphatic carbocycles. The first kappa shape index (κ1) is 23.9. The molecule has 25 heavy (non-hydrogen) atoms. The van der Waals surface area contributed by atoms with Gasteiger partial charge in [-0.2, -0.15) is 0 Å². The monoisotopic (exact) mass is 356 g/mol. The molecule has 0 heterocycles. The van der Waals surface area contributed by atoms with Crippen molar-refractivity contribution in [2.45, 2.75) is 123 Å². The van der Waals surface area contributed by atoms with Crippen LogP contribution in [-0.4, -0.2) is 18.7 Å². The Morgan fingerprint density at radius 1 is 0.760 bits per heavy atom. The molecule has 0 aliphatic heterocycles. The highest BCUT2D eigenvalue weighted by molar-refractivity contribution is 5.69. The van der Waals surface area contributed by atoms with Crippen molar-refractivity contribution in [3.63, 3.8) is 0 Å². The molecular formula is C21H40O4. The summed E-state index contributed by atoms with van der Waals surface area (Å²) in [7, 11) is 0. The minimum Gasteiger partial charge on any atom is -0.428 e. The summed E-state index contributed by atoms with van der Waals surface area (Å²) in [6.45, 7) is 4.10. The first-order chi connectivity index (χ1) is 12.2. The third-order valence-corrected chi connectivity index (χ3v) is 4.53. The van der Waals surface area contributed by atoms with Gasteiger partial charge in [-0.15, -0.1) is 0 Å². The zero-order valence-corrected chi connectivity index (χ0v) is 16.6. The maximum absolute atomic E-state index is 11.4. The Bertz CT molecular complexity index is 304. The molecule has 0 aromatic heterocycles. The Labute approximate surface area is 155 Å². The smallest absolute Gasteiger partial charge is 0.308 e. The number of rotatable bonds is 19. The number of unbranched alkanes of at least 4 members (excludes halogenated alkanes) is 14. The van der Waals surface area contributed by atoms with Gasteiger partial charge in [0.25, 0.3) is 6.47 Å². The lowest BCUT2D eigenvalue weighted by Gasteiger charge is -2.10. The SMILES string of the molecule is CCCCCCCCCCCCCCCCCC(=O)OC(C)OC=O. The summed E-state index contributed by atoms with van der Waals surface area (Å²) in [5.74, 6) is -0.288. The predicted octanol–water partition coefficient (Wildman–Crippen LogP) is 6.31. The maximum atomic E-state index is 11.4. The van der Waals surface area contributed by atoms with E-state index in [1.807, 2.05) is 0 Å². The molecule has 0 rings (SSSR count).